The molecule has 0 spiro atoms. The highest BCUT2D eigenvalue weighted by Crippen LogP contribution is 2.37. The maximum absolute atomic E-state index is 6.01. The van der Waals surface area contributed by atoms with Gasteiger partial charge in [0.15, 0.2) is 11.5 Å². The molecule has 0 aliphatic carbocycles. The lowest BCUT2D eigenvalue weighted by Gasteiger charge is -2.29. The third kappa shape index (κ3) is 4.11. The Kier molecular flexibility index (Phi) is 6.01. The molecule has 0 bridgehead atoms. The van der Waals surface area contributed by atoms with Gasteiger partial charge < -0.3 is 24.4 Å². The van der Waals surface area contributed by atoms with E-state index in [2.05, 4.69) is 34.5 Å². The molecule has 1 heterocycles. The number of hydrogen-bond donors (Lipinski definition) is 1. The van der Waals surface area contributed by atoms with Gasteiger partial charge in [-0.1, -0.05) is 12.1 Å². The predicted molar refractivity (Wildman–Crippen MR) is 104 cm³/mol. The fourth-order valence-electron chi connectivity index (χ4n) is 3.27. The lowest BCUT2D eigenvalue weighted by molar-refractivity contribution is 0.250. The molecular formula is C21H28N2O3. The Morgan fingerprint density at radius 2 is 1.81 bits per heavy atom. The topological polar surface area (TPSA) is 43.0 Å². The van der Waals surface area contributed by atoms with Gasteiger partial charge in [0, 0.05) is 13.1 Å². The molecule has 3 rings (SSSR count). The summed E-state index contributed by atoms with van der Waals surface area (Å²) in [5, 5.41) is 3.62. The van der Waals surface area contributed by atoms with E-state index in [0.29, 0.717) is 6.61 Å². The van der Waals surface area contributed by atoms with E-state index < -0.39 is 0 Å². The molecule has 0 aromatic heterocycles. The number of hydrogen-bond acceptors (Lipinski definition) is 5. The Bertz CT molecular complexity index is 729. The summed E-state index contributed by atoms with van der Waals surface area (Å²) >= 11 is 0. The quantitative estimate of drug-likeness (QED) is 0.826. The first-order chi connectivity index (χ1) is 12.6. The first kappa shape index (κ1) is 18.5. The third-order valence-electron chi connectivity index (χ3n) is 4.72. The van der Waals surface area contributed by atoms with Crippen molar-refractivity contribution in [3.05, 3.63) is 53.1 Å². The SMILES string of the molecule is COc1ccc(C2NCCc3cc(OC)c(OCCN(C)C)cc32)cc1. The van der Waals surface area contributed by atoms with Crippen LogP contribution in [0.3, 0.4) is 0 Å². The number of methoxy groups -OCH3 is 2. The molecule has 0 saturated carbocycles. The number of likely N-dealkylation sites (N-methyl/N-ethyl adjacent to an activating group) is 1. The minimum Gasteiger partial charge on any atom is -0.497 e. The van der Waals surface area contributed by atoms with Gasteiger partial charge in [-0.3, -0.25) is 0 Å². The molecule has 1 N–H and O–H groups in total. The van der Waals surface area contributed by atoms with Crippen molar-refractivity contribution < 1.29 is 14.2 Å². The smallest absolute Gasteiger partial charge is 0.161 e. The van der Waals surface area contributed by atoms with Gasteiger partial charge in [-0.2, -0.15) is 0 Å². The summed E-state index contributed by atoms with van der Waals surface area (Å²) in [5.41, 5.74) is 3.78. The largest absolute Gasteiger partial charge is 0.497 e. The van der Waals surface area contributed by atoms with Gasteiger partial charge in [0.1, 0.15) is 12.4 Å². The molecule has 0 radical (unpaired) electrons. The predicted octanol–water partition coefficient (Wildman–Crippen LogP) is 2.88. The van der Waals surface area contributed by atoms with Crippen LogP contribution in [0.1, 0.15) is 22.7 Å². The van der Waals surface area contributed by atoms with Crippen LogP contribution in [0.2, 0.25) is 0 Å². The molecule has 1 aliphatic heterocycles. The van der Waals surface area contributed by atoms with Crippen LogP contribution in [-0.2, 0) is 6.42 Å². The second kappa shape index (κ2) is 8.43. The Balaban J connectivity index is 1.90. The fourth-order valence-corrected chi connectivity index (χ4v) is 3.27. The Hall–Kier alpha value is -2.24. The zero-order valence-electron chi connectivity index (χ0n) is 16.0. The van der Waals surface area contributed by atoms with Crippen LogP contribution < -0.4 is 19.5 Å². The zero-order chi connectivity index (χ0) is 18.5. The zero-order valence-corrected chi connectivity index (χ0v) is 16.0. The molecule has 1 atom stereocenters. The molecule has 1 unspecified atom stereocenters. The van der Waals surface area contributed by atoms with Crippen LogP contribution >= 0.6 is 0 Å². The molecule has 0 saturated heterocycles. The molecule has 26 heavy (non-hydrogen) atoms. The highest BCUT2D eigenvalue weighted by Gasteiger charge is 2.24. The average Bonchev–Trinajstić information content (AvgIpc) is 2.66. The standard InChI is InChI=1S/C21H28N2O3/c1-23(2)11-12-26-20-14-18-16(13-19(20)25-4)9-10-22-21(18)15-5-7-17(24-3)8-6-15/h5-8,13-14,21-22H,9-12H2,1-4H3. The second-order valence-electron chi connectivity index (χ2n) is 6.76. The van der Waals surface area contributed by atoms with Crippen LogP contribution in [0.15, 0.2) is 36.4 Å². The number of benzene rings is 2. The number of fused-ring (bicyclic) bond motifs is 1. The lowest BCUT2D eigenvalue weighted by Crippen LogP contribution is -2.30. The Morgan fingerprint density at radius 1 is 1.04 bits per heavy atom. The van der Waals surface area contributed by atoms with Crippen molar-refractivity contribution >= 4 is 0 Å². The van der Waals surface area contributed by atoms with Crippen LogP contribution in [0.25, 0.3) is 0 Å². The lowest BCUT2D eigenvalue weighted by atomic mass is 9.89. The van der Waals surface area contributed by atoms with Gasteiger partial charge in [-0.25, -0.2) is 0 Å². The summed E-state index contributed by atoms with van der Waals surface area (Å²) in [6.07, 6.45) is 0.982. The summed E-state index contributed by atoms with van der Waals surface area (Å²) in [5.74, 6) is 2.47. The average molecular weight is 356 g/mol. The third-order valence-corrected chi connectivity index (χ3v) is 4.72. The first-order valence-electron chi connectivity index (χ1n) is 8.98. The monoisotopic (exact) mass is 356 g/mol. The van der Waals surface area contributed by atoms with Crippen LogP contribution in [0.5, 0.6) is 17.2 Å². The number of nitrogens with zero attached hydrogens (tertiary/aromatic N) is 1. The van der Waals surface area contributed by atoms with Crippen molar-refractivity contribution in [2.24, 2.45) is 0 Å². The molecule has 2 aromatic carbocycles. The van der Waals surface area contributed by atoms with Gasteiger partial charge >= 0.3 is 0 Å². The molecule has 5 nitrogen and oxygen atoms in total. The molecule has 0 amide bonds. The maximum atomic E-state index is 6.01. The van der Waals surface area contributed by atoms with E-state index in [9.17, 15) is 0 Å². The number of rotatable bonds is 7. The minimum atomic E-state index is 0.145. The molecule has 5 heteroatoms. The van der Waals surface area contributed by atoms with E-state index >= 15 is 0 Å². The Labute approximate surface area is 155 Å². The van der Waals surface area contributed by atoms with Crippen LogP contribution in [-0.4, -0.2) is 52.9 Å². The van der Waals surface area contributed by atoms with Gasteiger partial charge in [0.2, 0.25) is 0 Å². The summed E-state index contributed by atoms with van der Waals surface area (Å²) in [7, 11) is 7.46. The Morgan fingerprint density at radius 3 is 2.46 bits per heavy atom. The van der Waals surface area contributed by atoms with E-state index in [1.165, 1.54) is 16.7 Å². The van der Waals surface area contributed by atoms with Crippen molar-refractivity contribution in [3.8, 4) is 17.2 Å². The summed E-state index contributed by atoms with van der Waals surface area (Å²) in [4.78, 5) is 2.10. The molecule has 1 aliphatic rings. The highest BCUT2D eigenvalue weighted by molar-refractivity contribution is 5.52. The van der Waals surface area contributed by atoms with E-state index in [-0.39, 0.29) is 6.04 Å². The van der Waals surface area contributed by atoms with E-state index in [4.69, 9.17) is 14.2 Å². The van der Waals surface area contributed by atoms with Crippen molar-refractivity contribution in [1.82, 2.24) is 10.2 Å². The highest BCUT2D eigenvalue weighted by atomic mass is 16.5. The van der Waals surface area contributed by atoms with E-state index in [1.54, 1.807) is 14.2 Å². The van der Waals surface area contributed by atoms with Gasteiger partial charge in [0.05, 0.1) is 20.3 Å². The van der Waals surface area contributed by atoms with E-state index in [1.807, 2.05) is 26.2 Å². The minimum absolute atomic E-state index is 0.145. The first-order valence-corrected chi connectivity index (χ1v) is 8.98. The van der Waals surface area contributed by atoms with Gasteiger partial charge in [-0.05, 0) is 61.5 Å². The maximum Gasteiger partial charge on any atom is 0.161 e. The normalized spacial score (nSPS) is 16.3. The summed E-state index contributed by atoms with van der Waals surface area (Å²) in [6, 6.07) is 12.6. The molecular weight excluding hydrogens is 328 g/mol. The van der Waals surface area contributed by atoms with Crippen molar-refractivity contribution in [2.45, 2.75) is 12.5 Å². The summed E-state index contributed by atoms with van der Waals surface area (Å²) < 4.78 is 16.9. The summed E-state index contributed by atoms with van der Waals surface area (Å²) in [6.45, 7) is 2.43. The van der Waals surface area contributed by atoms with Crippen molar-refractivity contribution in [2.75, 3.05) is 48.0 Å². The second-order valence-corrected chi connectivity index (χ2v) is 6.76. The van der Waals surface area contributed by atoms with Gasteiger partial charge in [0.25, 0.3) is 0 Å². The van der Waals surface area contributed by atoms with Crippen LogP contribution in [0.4, 0.5) is 0 Å². The molecule has 140 valence electrons. The van der Waals surface area contributed by atoms with Crippen molar-refractivity contribution in [1.29, 1.82) is 0 Å². The number of ether oxygens (including phenoxy) is 3. The number of nitrogens with one attached hydrogen (secondary N) is 1. The fraction of sp³-hybridized carbons (Fsp3) is 0.429. The van der Waals surface area contributed by atoms with Gasteiger partial charge in [-0.15, -0.1) is 0 Å². The van der Waals surface area contributed by atoms with E-state index in [0.717, 1.165) is 36.8 Å². The molecule has 0 fully saturated rings. The molecule has 2 aromatic rings. The van der Waals surface area contributed by atoms with Crippen molar-refractivity contribution in [3.63, 3.8) is 0 Å². The van der Waals surface area contributed by atoms with Crippen LogP contribution in [0, 0.1) is 0 Å².